The zero-order valence-corrected chi connectivity index (χ0v) is 13.0. The van der Waals surface area contributed by atoms with Gasteiger partial charge in [0.2, 0.25) is 5.91 Å². The van der Waals surface area contributed by atoms with Gasteiger partial charge in [-0.15, -0.1) is 0 Å². The maximum absolute atomic E-state index is 11.2. The number of aromatic nitrogens is 1. The molecular weight excluding hydrogens is 274 g/mol. The van der Waals surface area contributed by atoms with Crippen molar-refractivity contribution in [3.63, 3.8) is 0 Å². The number of nitrogens with one attached hydrogen (secondary N) is 1. The zero-order valence-electron chi connectivity index (χ0n) is 13.0. The lowest BCUT2D eigenvalue weighted by molar-refractivity contribution is -0.122. The first-order valence-electron chi connectivity index (χ1n) is 8.02. The molecule has 0 unspecified atom stereocenters. The fourth-order valence-corrected chi connectivity index (χ4v) is 3.38. The number of hydrogen-bond acceptors (Lipinski definition) is 3. The van der Waals surface area contributed by atoms with Crippen LogP contribution in [0.25, 0.3) is 10.9 Å². The SMILES string of the molecule is Cc1cccc2c(NCC3CCC(C(N)=O)CC3)ccnc12. The number of amides is 1. The van der Waals surface area contributed by atoms with Crippen LogP contribution >= 0.6 is 0 Å². The first kappa shape index (κ1) is 14.8. The summed E-state index contributed by atoms with van der Waals surface area (Å²) in [5, 5.41) is 4.75. The van der Waals surface area contributed by atoms with Crippen LogP contribution in [0.5, 0.6) is 0 Å². The molecule has 1 saturated carbocycles. The van der Waals surface area contributed by atoms with Crippen molar-refractivity contribution < 1.29 is 4.79 Å². The number of benzene rings is 1. The number of rotatable bonds is 4. The molecule has 1 aromatic carbocycles. The first-order chi connectivity index (χ1) is 10.6. The van der Waals surface area contributed by atoms with E-state index in [1.54, 1.807) is 0 Å². The third-order valence-electron chi connectivity index (χ3n) is 4.80. The Labute approximate surface area is 131 Å². The molecule has 0 aliphatic heterocycles. The predicted octanol–water partition coefficient (Wildman–Crippen LogP) is 3.25. The van der Waals surface area contributed by atoms with E-state index in [-0.39, 0.29) is 11.8 Å². The van der Waals surface area contributed by atoms with E-state index in [0.29, 0.717) is 5.92 Å². The number of carbonyl (C=O) groups is 1. The molecule has 4 heteroatoms. The van der Waals surface area contributed by atoms with Crippen molar-refractivity contribution in [1.29, 1.82) is 0 Å². The van der Waals surface area contributed by atoms with Crippen LogP contribution in [0.3, 0.4) is 0 Å². The summed E-state index contributed by atoms with van der Waals surface area (Å²) in [6.07, 6.45) is 5.86. The highest BCUT2D eigenvalue weighted by molar-refractivity contribution is 5.92. The van der Waals surface area contributed by atoms with Crippen LogP contribution < -0.4 is 11.1 Å². The summed E-state index contributed by atoms with van der Waals surface area (Å²) in [6, 6.07) is 8.31. The van der Waals surface area contributed by atoms with Crippen molar-refractivity contribution in [3.05, 3.63) is 36.0 Å². The van der Waals surface area contributed by atoms with Gasteiger partial charge in [-0.3, -0.25) is 9.78 Å². The molecule has 3 rings (SSSR count). The number of nitrogens with two attached hydrogens (primary N) is 1. The van der Waals surface area contributed by atoms with Gasteiger partial charge in [-0.2, -0.15) is 0 Å². The molecule has 3 N–H and O–H groups in total. The molecule has 22 heavy (non-hydrogen) atoms. The van der Waals surface area contributed by atoms with Crippen LogP contribution in [-0.2, 0) is 4.79 Å². The largest absolute Gasteiger partial charge is 0.384 e. The van der Waals surface area contributed by atoms with Crippen molar-refractivity contribution in [3.8, 4) is 0 Å². The Hall–Kier alpha value is -2.10. The molecule has 0 spiro atoms. The highest BCUT2D eigenvalue weighted by atomic mass is 16.1. The molecule has 0 atom stereocenters. The summed E-state index contributed by atoms with van der Waals surface area (Å²) >= 11 is 0. The van der Waals surface area contributed by atoms with Crippen molar-refractivity contribution in [1.82, 2.24) is 4.98 Å². The molecule has 2 aromatic rings. The molecule has 1 aromatic heterocycles. The van der Waals surface area contributed by atoms with Crippen molar-refractivity contribution in [2.75, 3.05) is 11.9 Å². The van der Waals surface area contributed by atoms with Gasteiger partial charge in [-0.1, -0.05) is 18.2 Å². The van der Waals surface area contributed by atoms with E-state index in [2.05, 4.69) is 35.4 Å². The van der Waals surface area contributed by atoms with Crippen LogP contribution in [0.4, 0.5) is 5.69 Å². The number of aryl methyl sites for hydroxylation is 1. The van der Waals surface area contributed by atoms with E-state index < -0.39 is 0 Å². The van der Waals surface area contributed by atoms with E-state index in [1.165, 1.54) is 10.9 Å². The van der Waals surface area contributed by atoms with Crippen LogP contribution in [0.2, 0.25) is 0 Å². The maximum Gasteiger partial charge on any atom is 0.220 e. The number of pyridine rings is 1. The molecule has 116 valence electrons. The molecule has 0 saturated heterocycles. The third kappa shape index (κ3) is 3.06. The second kappa shape index (κ2) is 6.34. The summed E-state index contributed by atoms with van der Waals surface area (Å²) in [5.74, 6) is 0.561. The van der Waals surface area contributed by atoms with E-state index >= 15 is 0 Å². The molecule has 1 aliphatic rings. The number of primary amides is 1. The Bertz CT molecular complexity index is 675. The topological polar surface area (TPSA) is 68.0 Å². The Balaban J connectivity index is 1.65. The molecule has 0 bridgehead atoms. The minimum Gasteiger partial charge on any atom is -0.384 e. The monoisotopic (exact) mass is 297 g/mol. The van der Waals surface area contributed by atoms with E-state index in [1.807, 2.05) is 12.3 Å². The number of para-hydroxylation sites is 1. The molecular formula is C18H23N3O. The summed E-state index contributed by atoms with van der Waals surface area (Å²) < 4.78 is 0. The Kier molecular flexibility index (Phi) is 4.27. The minimum atomic E-state index is -0.137. The van der Waals surface area contributed by atoms with Crippen molar-refractivity contribution >= 4 is 22.5 Å². The molecule has 1 aliphatic carbocycles. The van der Waals surface area contributed by atoms with Crippen LogP contribution in [0.15, 0.2) is 30.5 Å². The van der Waals surface area contributed by atoms with Crippen molar-refractivity contribution in [2.45, 2.75) is 32.6 Å². The molecule has 1 heterocycles. The summed E-state index contributed by atoms with van der Waals surface area (Å²) in [4.78, 5) is 15.7. The van der Waals surface area contributed by atoms with Crippen LogP contribution in [0.1, 0.15) is 31.2 Å². The average molecular weight is 297 g/mol. The van der Waals surface area contributed by atoms with Gasteiger partial charge in [-0.25, -0.2) is 0 Å². The second-order valence-corrected chi connectivity index (χ2v) is 6.33. The number of carbonyl (C=O) groups excluding carboxylic acids is 1. The summed E-state index contributed by atoms with van der Waals surface area (Å²) in [7, 11) is 0. The van der Waals surface area contributed by atoms with Crippen molar-refractivity contribution in [2.24, 2.45) is 17.6 Å². The Morgan fingerprint density at radius 2 is 2.05 bits per heavy atom. The predicted molar refractivity (Wildman–Crippen MR) is 89.6 cm³/mol. The lowest BCUT2D eigenvalue weighted by atomic mass is 9.81. The van der Waals surface area contributed by atoms with E-state index in [0.717, 1.165) is 43.4 Å². The van der Waals surface area contributed by atoms with Gasteiger partial charge in [0.05, 0.1) is 5.52 Å². The Morgan fingerprint density at radius 3 is 2.77 bits per heavy atom. The number of nitrogens with zero attached hydrogens (tertiary/aromatic N) is 1. The normalized spacial score (nSPS) is 21.7. The smallest absolute Gasteiger partial charge is 0.220 e. The van der Waals surface area contributed by atoms with E-state index in [9.17, 15) is 4.79 Å². The maximum atomic E-state index is 11.2. The highest BCUT2D eigenvalue weighted by Gasteiger charge is 2.24. The van der Waals surface area contributed by atoms with Gasteiger partial charge in [0.25, 0.3) is 0 Å². The van der Waals surface area contributed by atoms with Gasteiger partial charge in [0.1, 0.15) is 0 Å². The molecule has 1 fully saturated rings. The lowest BCUT2D eigenvalue weighted by Gasteiger charge is -2.27. The van der Waals surface area contributed by atoms with Gasteiger partial charge < -0.3 is 11.1 Å². The third-order valence-corrected chi connectivity index (χ3v) is 4.80. The lowest BCUT2D eigenvalue weighted by Crippen LogP contribution is -2.29. The van der Waals surface area contributed by atoms with Crippen LogP contribution in [0, 0.1) is 18.8 Å². The Morgan fingerprint density at radius 1 is 1.27 bits per heavy atom. The van der Waals surface area contributed by atoms with Gasteiger partial charge >= 0.3 is 0 Å². The number of hydrogen-bond donors (Lipinski definition) is 2. The second-order valence-electron chi connectivity index (χ2n) is 6.33. The highest BCUT2D eigenvalue weighted by Crippen LogP contribution is 2.30. The van der Waals surface area contributed by atoms with Crippen LogP contribution in [-0.4, -0.2) is 17.4 Å². The number of fused-ring (bicyclic) bond motifs is 1. The average Bonchev–Trinajstić information content (AvgIpc) is 2.54. The molecule has 4 nitrogen and oxygen atoms in total. The fraction of sp³-hybridized carbons (Fsp3) is 0.444. The quantitative estimate of drug-likeness (QED) is 0.910. The minimum absolute atomic E-state index is 0.0839. The first-order valence-corrected chi connectivity index (χ1v) is 8.02. The summed E-state index contributed by atoms with van der Waals surface area (Å²) in [6.45, 7) is 3.03. The summed E-state index contributed by atoms with van der Waals surface area (Å²) in [5.41, 5.74) is 8.79. The van der Waals surface area contributed by atoms with E-state index in [4.69, 9.17) is 5.73 Å². The molecule has 0 radical (unpaired) electrons. The number of anilines is 1. The van der Waals surface area contributed by atoms with Gasteiger partial charge in [0.15, 0.2) is 0 Å². The zero-order chi connectivity index (χ0) is 15.5. The van der Waals surface area contributed by atoms with Gasteiger partial charge in [0, 0.05) is 29.7 Å². The molecule has 1 amide bonds. The standard InChI is InChI=1S/C18H23N3O/c1-12-3-2-4-15-16(9-10-20-17(12)15)21-11-13-5-7-14(8-6-13)18(19)22/h2-4,9-10,13-14H,5-8,11H2,1H3,(H2,19,22)(H,20,21). The fourth-order valence-electron chi connectivity index (χ4n) is 3.38. The van der Waals surface area contributed by atoms with Gasteiger partial charge in [-0.05, 0) is 50.2 Å².